The zero-order chi connectivity index (χ0) is 32.8. The Hall–Kier alpha value is -4.96. The first-order valence-corrected chi connectivity index (χ1v) is 16.8. The van der Waals surface area contributed by atoms with Crippen molar-refractivity contribution >= 4 is 62.4 Å². The number of benzene rings is 2. The van der Waals surface area contributed by atoms with Gasteiger partial charge in [-0.2, -0.15) is 5.26 Å². The first-order valence-electron chi connectivity index (χ1n) is 15.6. The molecule has 47 heavy (non-hydrogen) atoms. The molecule has 2 fully saturated rings. The van der Waals surface area contributed by atoms with Crippen molar-refractivity contribution < 1.29 is 4.79 Å². The number of fused-ring (bicyclic) bond motifs is 1. The number of aromatic nitrogens is 2. The molecule has 5 N–H and O–H groups in total. The van der Waals surface area contributed by atoms with Crippen LogP contribution in [0.3, 0.4) is 0 Å². The van der Waals surface area contributed by atoms with Gasteiger partial charge in [0.05, 0.1) is 22.4 Å². The highest BCUT2D eigenvalue weighted by atomic mass is 32.1. The highest BCUT2D eigenvalue weighted by molar-refractivity contribution is 7.71. The molecule has 0 aliphatic carbocycles. The normalized spacial score (nSPS) is 15.2. The topological polar surface area (TPSA) is 135 Å². The van der Waals surface area contributed by atoms with E-state index in [1.54, 1.807) is 6.20 Å². The van der Waals surface area contributed by atoms with Crippen LogP contribution in [0.25, 0.3) is 10.2 Å². The van der Waals surface area contributed by atoms with Gasteiger partial charge >= 0.3 is 0 Å². The molecule has 12 heteroatoms. The summed E-state index contributed by atoms with van der Waals surface area (Å²) in [4.78, 5) is 29.4. The van der Waals surface area contributed by atoms with Crippen molar-refractivity contribution in [2.45, 2.75) is 6.54 Å². The predicted molar refractivity (Wildman–Crippen MR) is 194 cm³/mol. The van der Waals surface area contributed by atoms with Crippen LogP contribution >= 0.6 is 23.6 Å². The van der Waals surface area contributed by atoms with E-state index < -0.39 is 5.91 Å². The molecule has 0 unspecified atom stereocenters. The summed E-state index contributed by atoms with van der Waals surface area (Å²) in [5.41, 5.74) is 17.2. The number of para-hydroxylation sites is 1. The summed E-state index contributed by atoms with van der Waals surface area (Å²) < 4.78 is 0.514. The Bertz CT molecular complexity index is 1920. The fourth-order valence-corrected chi connectivity index (χ4v) is 7.30. The van der Waals surface area contributed by atoms with Gasteiger partial charge < -0.3 is 31.2 Å². The Morgan fingerprint density at radius 2 is 1.49 bits per heavy atom. The molecule has 0 saturated carbocycles. The van der Waals surface area contributed by atoms with Gasteiger partial charge in [0.15, 0.2) is 0 Å². The van der Waals surface area contributed by atoms with Crippen LogP contribution in [0, 0.1) is 16.0 Å². The molecule has 5 aromatic rings. The standard InChI is InChI=1S/C19H21N5OS.C16H16N4S/c20-16-15-14(6-7-22-19(15)26-17(16)18(21)25)24-10-8-23(9-11-24)12-13-4-2-1-3-5-13;17-12-14-15(6-7-18-16(14)21)20-10-8-19(9-11-20)13-4-2-1-3-5-13/h1-7H,8-12,20H2,(H2,21,25);1-7H,8-11H2,(H,18,21). The molecule has 1 amide bonds. The number of nitrogens with zero attached hydrogens (tertiary/aromatic N) is 6. The molecule has 0 spiro atoms. The lowest BCUT2D eigenvalue weighted by Gasteiger charge is -2.37. The first kappa shape index (κ1) is 32.0. The smallest absolute Gasteiger partial charge is 0.260 e. The van der Waals surface area contributed by atoms with Crippen LogP contribution in [0.5, 0.6) is 0 Å². The third kappa shape index (κ3) is 7.23. The zero-order valence-corrected chi connectivity index (χ0v) is 27.6. The minimum Gasteiger partial charge on any atom is -0.397 e. The van der Waals surface area contributed by atoms with Crippen molar-refractivity contribution in [3.63, 3.8) is 0 Å². The van der Waals surface area contributed by atoms with Crippen LogP contribution in [0.2, 0.25) is 0 Å². The Morgan fingerprint density at radius 1 is 0.872 bits per heavy atom. The number of rotatable bonds is 6. The molecule has 2 aliphatic heterocycles. The number of hydrogen-bond acceptors (Lipinski definition) is 10. The average molecular weight is 664 g/mol. The summed E-state index contributed by atoms with van der Waals surface area (Å²) in [6, 6.07) is 27.1. The van der Waals surface area contributed by atoms with Crippen LogP contribution in [0.1, 0.15) is 20.8 Å². The lowest BCUT2D eigenvalue weighted by molar-refractivity contribution is 0.100. The van der Waals surface area contributed by atoms with E-state index in [0.717, 1.165) is 80.5 Å². The van der Waals surface area contributed by atoms with Crippen LogP contribution in [0.15, 0.2) is 85.2 Å². The molecular weight excluding hydrogens is 627 g/mol. The quantitative estimate of drug-likeness (QED) is 0.209. The van der Waals surface area contributed by atoms with Gasteiger partial charge in [-0.1, -0.05) is 60.7 Å². The van der Waals surface area contributed by atoms with Gasteiger partial charge in [-0.15, -0.1) is 11.3 Å². The number of pyridine rings is 2. The number of nitrogens with one attached hydrogen (secondary N) is 1. The SMILES string of the molecule is N#Cc1c(N2CCN(c3ccccc3)CC2)cc[nH]c1=S.NC(=O)c1sc2nccc(N3CCN(Cc4ccccc4)CC3)c2c1N. The summed E-state index contributed by atoms with van der Waals surface area (Å²) in [7, 11) is 0. The maximum absolute atomic E-state index is 11.6. The lowest BCUT2D eigenvalue weighted by Crippen LogP contribution is -2.46. The van der Waals surface area contributed by atoms with E-state index in [0.29, 0.717) is 20.8 Å². The number of carbonyl (C=O) groups excluding carboxylic acids is 1. The number of amides is 1. The van der Waals surface area contributed by atoms with Gasteiger partial charge in [-0.3, -0.25) is 9.69 Å². The molecule has 240 valence electrons. The largest absolute Gasteiger partial charge is 0.397 e. The monoisotopic (exact) mass is 663 g/mol. The average Bonchev–Trinajstić information content (AvgIpc) is 3.46. The molecule has 0 bridgehead atoms. The summed E-state index contributed by atoms with van der Waals surface area (Å²) in [6.45, 7) is 8.41. The highest BCUT2D eigenvalue weighted by Gasteiger charge is 2.24. The van der Waals surface area contributed by atoms with Crippen molar-refractivity contribution in [2.75, 3.05) is 72.8 Å². The van der Waals surface area contributed by atoms with Crippen LogP contribution in [-0.4, -0.2) is 73.1 Å². The number of aromatic amines is 1. The van der Waals surface area contributed by atoms with Crippen molar-refractivity contribution in [1.29, 1.82) is 5.26 Å². The maximum atomic E-state index is 11.6. The van der Waals surface area contributed by atoms with Crippen LogP contribution in [0.4, 0.5) is 22.7 Å². The number of nitrogens with two attached hydrogens (primary N) is 2. The molecule has 3 aromatic heterocycles. The van der Waals surface area contributed by atoms with E-state index in [2.05, 4.69) is 84.2 Å². The van der Waals surface area contributed by atoms with Crippen LogP contribution < -0.4 is 26.2 Å². The number of piperazine rings is 2. The highest BCUT2D eigenvalue weighted by Crippen LogP contribution is 2.38. The minimum absolute atomic E-state index is 0.391. The number of primary amides is 1. The molecule has 2 saturated heterocycles. The number of thiophene rings is 1. The fraction of sp³-hybridized carbons (Fsp3) is 0.257. The number of carbonyl (C=O) groups is 1. The zero-order valence-electron chi connectivity index (χ0n) is 26.0. The second-order valence-corrected chi connectivity index (χ2v) is 12.9. The number of anilines is 4. The lowest BCUT2D eigenvalue weighted by atomic mass is 10.1. The second-order valence-electron chi connectivity index (χ2n) is 11.5. The molecule has 0 radical (unpaired) electrons. The third-order valence-electron chi connectivity index (χ3n) is 8.59. The summed E-state index contributed by atoms with van der Waals surface area (Å²) >= 11 is 6.46. The van der Waals surface area contributed by atoms with Crippen molar-refractivity contribution in [1.82, 2.24) is 14.9 Å². The van der Waals surface area contributed by atoms with E-state index >= 15 is 0 Å². The third-order valence-corrected chi connectivity index (χ3v) is 10.0. The van der Waals surface area contributed by atoms with Crippen molar-refractivity contribution in [2.24, 2.45) is 5.73 Å². The van der Waals surface area contributed by atoms with Crippen molar-refractivity contribution in [3.8, 4) is 6.07 Å². The van der Waals surface area contributed by atoms with E-state index in [-0.39, 0.29) is 0 Å². The van der Waals surface area contributed by atoms with Crippen LogP contribution in [-0.2, 0) is 6.54 Å². The summed E-state index contributed by atoms with van der Waals surface area (Å²) in [5.74, 6) is -0.496. The van der Waals surface area contributed by atoms with E-state index in [4.69, 9.17) is 23.7 Å². The fourth-order valence-electron chi connectivity index (χ4n) is 6.15. The molecule has 7 rings (SSSR count). The second kappa shape index (κ2) is 14.6. The molecular formula is C35H37N9OS2. The molecule has 0 atom stereocenters. The van der Waals surface area contributed by atoms with Gasteiger partial charge in [0.1, 0.15) is 26.0 Å². The van der Waals surface area contributed by atoms with Gasteiger partial charge in [0, 0.05) is 77.0 Å². The van der Waals surface area contributed by atoms with E-state index in [1.165, 1.54) is 22.6 Å². The van der Waals surface area contributed by atoms with Gasteiger partial charge in [-0.25, -0.2) is 4.98 Å². The number of hydrogen-bond donors (Lipinski definition) is 3. The molecule has 2 aromatic carbocycles. The maximum Gasteiger partial charge on any atom is 0.260 e. The van der Waals surface area contributed by atoms with E-state index in [1.807, 2.05) is 30.5 Å². The Balaban J connectivity index is 0.000000168. The molecule has 2 aliphatic rings. The number of nitrogen functional groups attached to an aromatic ring is 1. The first-order chi connectivity index (χ1) is 22.9. The molecule has 5 heterocycles. The van der Waals surface area contributed by atoms with Gasteiger partial charge in [0.2, 0.25) is 0 Å². The Kier molecular flexibility index (Phi) is 9.97. The number of H-pyrrole nitrogens is 1. The summed E-state index contributed by atoms with van der Waals surface area (Å²) in [5, 5.41) is 10.1. The number of nitriles is 1. The minimum atomic E-state index is -0.496. The molecule has 10 nitrogen and oxygen atoms in total. The van der Waals surface area contributed by atoms with Crippen molar-refractivity contribution in [3.05, 3.63) is 106 Å². The van der Waals surface area contributed by atoms with Gasteiger partial charge in [0.25, 0.3) is 5.91 Å². The summed E-state index contributed by atoms with van der Waals surface area (Å²) in [6.07, 6.45) is 3.58. The van der Waals surface area contributed by atoms with Gasteiger partial charge in [-0.05, 0) is 29.8 Å². The predicted octanol–water partition coefficient (Wildman–Crippen LogP) is 5.24. The Morgan fingerprint density at radius 3 is 2.15 bits per heavy atom. The Labute approximate surface area is 283 Å². The van der Waals surface area contributed by atoms with E-state index in [9.17, 15) is 10.1 Å².